The highest BCUT2D eigenvalue weighted by Gasteiger charge is 2.96. The van der Waals surface area contributed by atoms with Crippen molar-refractivity contribution in [1.29, 1.82) is 0 Å². The Kier molecular flexibility index (Phi) is 8.96. The summed E-state index contributed by atoms with van der Waals surface area (Å²) in [7, 11) is -6.00. The van der Waals surface area contributed by atoms with Gasteiger partial charge in [-0.05, 0) is 0 Å². The van der Waals surface area contributed by atoms with Gasteiger partial charge in [-0.2, -0.15) is 79.0 Å². The number of hydrogen-bond acceptors (Lipinski definition) is 0. The van der Waals surface area contributed by atoms with Gasteiger partial charge in [-0.3, -0.25) is 0 Å². The molecule has 1 rings (SSSR count). The Bertz CT molecular complexity index is 997. The number of aromatic nitrogens is 2. The number of rotatable bonds is 7. The van der Waals surface area contributed by atoms with Gasteiger partial charge in [0.1, 0.15) is 0 Å². The zero-order valence-electron chi connectivity index (χ0n) is 16.4. The SMILES string of the molecule is F[B-](F)(F)F.Fc1c(F)[n+](C(F)(F)C(F)(F)C(F)(F)C(F)(F)C(F)(F)C(F)(F)C(F)(F)C(F)(F)F)c(F)n1F. The normalized spacial score (nSPS) is 15.3. The molecule has 0 spiro atoms. The Morgan fingerprint density at radius 1 is 0.487 bits per heavy atom. The Morgan fingerprint density at radius 3 is 0.974 bits per heavy atom. The second-order valence-electron chi connectivity index (χ2n) is 6.45. The van der Waals surface area contributed by atoms with E-state index in [0.29, 0.717) is 0 Å². The van der Waals surface area contributed by atoms with Gasteiger partial charge >= 0.3 is 73.0 Å². The Balaban J connectivity index is 0.00000263. The summed E-state index contributed by atoms with van der Waals surface area (Å²) in [6, 6.07) is -7.86. The number of halogens is 25. The Labute approximate surface area is 193 Å². The van der Waals surface area contributed by atoms with Crippen molar-refractivity contribution in [2.24, 2.45) is 0 Å². The van der Waals surface area contributed by atoms with Crippen molar-refractivity contribution in [2.45, 2.75) is 47.8 Å². The number of hydrogen-bond donors (Lipinski definition) is 0. The van der Waals surface area contributed by atoms with Gasteiger partial charge in [0.05, 0.1) is 0 Å². The molecule has 0 N–H and O–H groups in total. The maximum atomic E-state index is 13.6. The van der Waals surface area contributed by atoms with Crippen LogP contribution in [0.5, 0.6) is 0 Å². The van der Waals surface area contributed by atoms with Crippen molar-refractivity contribution in [2.75, 3.05) is 0 Å². The van der Waals surface area contributed by atoms with Crippen molar-refractivity contribution in [3.63, 3.8) is 0 Å². The van der Waals surface area contributed by atoms with Crippen molar-refractivity contribution in [3.8, 4) is 0 Å². The molecule has 0 fully saturated rings. The summed E-state index contributed by atoms with van der Waals surface area (Å²) in [5.41, 5.74) is 0. The van der Waals surface area contributed by atoms with E-state index in [1.54, 1.807) is 0 Å². The van der Waals surface area contributed by atoms with Crippen LogP contribution in [-0.2, 0) is 6.05 Å². The molecule has 0 aliphatic rings. The lowest BCUT2D eigenvalue weighted by atomic mass is 9.90. The molecule has 0 saturated heterocycles. The van der Waals surface area contributed by atoms with Crippen LogP contribution in [0.1, 0.15) is 0 Å². The Morgan fingerprint density at radius 2 is 0.744 bits per heavy atom. The fourth-order valence-electron chi connectivity index (χ4n) is 1.96. The van der Waals surface area contributed by atoms with Gasteiger partial charge in [-0.15, -0.1) is 8.78 Å². The number of alkyl halides is 17. The van der Waals surface area contributed by atoms with Crippen LogP contribution < -0.4 is 4.57 Å². The molecule has 28 heteroatoms. The quantitative estimate of drug-likeness (QED) is 0.169. The summed E-state index contributed by atoms with van der Waals surface area (Å²) in [6.07, 6.45) is -12.0. The van der Waals surface area contributed by atoms with Gasteiger partial charge in [0.2, 0.25) is 0 Å². The lowest BCUT2D eigenvalue weighted by Gasteiger charge is -2.41. The van der Waals surface area contributed by atoms with Gasteiger partial charge in [0, 0.05) is 9.27 Å². The lowest BCUT2D eigenvalue weighted by Crippen LogP contribution is -2.77. The zero-order chi connectivity index (χ0) is 32.4. The fourth-order valence-corrected chi connectivity index (χ4v) is 1.96. The molecule has 1 aromatic heterocycles. The van der Waals surface area contributed by atoms with E-state index in [4.69, 9.17) is 0 Å². The number of imidazole rings is 1. The summed E-state index contributed by atoms with van der Waals surface area (Å²) in [4.78, 5) is -2.59. The first-order valence-electron chi connectivity index (χ1n) is 7.94. The topological polar surface area (TPSA) is 8.81 Å². The highest BCUT2D eigenvalue weighted by Crippen LogP contribution is 2.64. The third kappa shape index (κ3) is 5.33. The molecule has 39 heavy (non-hydrogen) atoms. The molecular formula is C11BF25N2. The third-order valence-electron chi connectivity index (χ3n) is 3.87. The van der Waals surface area contributed by atoms with E-state index in [0.717, 1.165) is 0 Å². The van der Waals surface area contributed by atoms with Gasteiger partial charge in [-0.25, -0.2) is 0 Å². The molecule has 0 saturated carbocycles. The standard InChI is InChI=1S/C11F21N2.BF4/c12-1-2(13)34(32)3(14)33(1)11(30,31)9(25,26)7(21,22)5(17,18)4(15,16)6(19,20)8(23,24)10(27,28)29;2-1(3,4)5/q+1;-1. The summed E-state index contributed by atoms with van der Waals surface area (Å²) < 4.78 is 309. The van der Waals surface area contributed by atoms with Crippen LogP contribution in [0.4, 0.5) is 110 Å². The van der Waals surface area contributed by atoms with E-state index < -0.39 is 82.3 Å². The molecule has 2 nitrogen and oxygen atoms in total. The predicted molar refractivity (Wildman–Crippen MR) is 67.1 cm³/mol. The van der Waals surface area contributed by atoms with E-state index in [1.807, 2.05) is 0 Å². The third-order valence-corrected chi connectivity index (χ3v) is 3.87. The summed E-state index contributed by atoms with van der Waals surface area (Å²) in [6.45, 7) is 0. The maximum absolute atomic E-state index is 13.6. The Hall–Kier alpha value is -2.48. The molecule has 0 radical (unpaired) electrons. The summed E-state index contributed by atoms with van der Waals surface area (Å²) in [5, 5.41) is 0. The lowest BCUT2D eigenvalue weighted by molar-refractivity contribution is -0.885. The molecule has 0 atom stereocenters. The van der Waals surface area contributed by atoms with Gasteiger partial charge in [-0.1, -0.05) is 4.57 Å². The van der Waals surface area contributed by atoms with Crippen molar-refractivity contribution in [1.82, 2.24) is 4.79 Å². The highest BCUT2D eigenvalue weighted by atomic mass is 19.5. The minimum atomic E-state index is -9.02. The van der Waals surface area contributed by atoms with Crippen LogP contribution in [0.25, 0.3) is 0 Å². The first-order chi connectivity index (χ1) is 16.5. The van der Waals surface area contributed by atoms with Crippen molar-refractivity contribution < 1.29 is 114 Å². The van der Waals surface area contributed by atoms with Gasteiger partial charge in [0.25, 0.3) is 0 Å². The maximum Gasteiger partial charge on any atom is 0.673 e. The molecule has 0 aromatic carbocycles. The first-order valence-corrected chi connectivity index (χ1v) is 7.94. The second-order valence-corrected chi connectivity index (χ2v) is 6.45. The molecule has 1 heterocycles. The smallest absolute Gasteiger partial charge is 0.418 e. The van der Waals surface area contributed by atoms with Gasteiger partial charge in [0.15, 0.2) is 0 Å². The number of nitrogens with zero attached hydrogens (tertiary/aromatic N) is 2. The van der Waals surface area contributed by atoms with Crippen molar-refractivity contribution >= 4 is 7.25 Å². The minimum Gasteiger partial charge on any atom is -0.418 e. The largest absolute Gasteiger partial charge is 0.673 e. The van der Waals surface area contributed by atoms with E-state index in [9.17, 15) is 110 Å². The molecule has 1 aromatic rings. The first kappa shape index (κ1) is 36.5. The monoisotopic (exact) mass is 646 g/mol. The van der Waals surface area contributed by atoms with Crippen LogP contribution in [0.2, 0.25) is 0 Å². The average Bonchev–Trinajstić information content (AvgIpc) is 2.87. The van der Waals surface area contributed by atoms with Crippen molar-refractivity contribution in [3.05, 3.63) is 18.0 Å². The second kappa shape index (κ2) is 9.57. The van der Waals surface area contributed by atoms with Crippen LogP contribution in [0.15, 0.2) is 0 Å². The molecular weight excluding hydrogens is 646 g/mol. The molecule has 232 valence electrons. The molecule has 0 bridgehead atoms. The summed E-state index contributed by atoms with van der Waals surface area (Å²) in [5.74, 6) is -60.2. The fraction of sp³-hybridized carbons (Fsp3) is 0.727. The van der Waals surface area contributed by atoms with Crippen LogP contribution in [-0.4, -0.2) is 53.8 Å². The zero-order valence-corrected chi connectivity index (χ0v) is 16.4. The van der Waals surface area contributed by atoms with E-state index in [-0.39, 0.29) is 0 Å². The molecule has 0 aliphatic heterocycles. The van der Waals surface area contributed by atoms with Gasteiger partial charge < -0.3 is 17.3 Å². The highest BCUT2D eigenvalue weighted by molar-refractivity contribution is 6.50. The average molecular weight is 646 g/mol. The summed E-state index contributed by atoms with van der Waals surface area (Å²) >= 11 is 0. The minimum absolute atomic E-state index is 2.59. The van der Waals surface area contributed by atoms with Crippen LogP contribution in [0.3, 0.4) is 0 Å². The van der Waals surface area contributed by atoms with E-state index in [1.165, 1.54) is 0 Å². The molecule has 0 unspecified atom stereocenters. The molecule has 0 amide bonds. The van der Waals surface area contributed by atoms with Crippen LogP contribution >= 0.6 is 0 Å². The van der Waals surface area contributed by atoms with E-state index in [2.05, 4.69) is 0 Å². The predicted octanol–water partition coefficient (Wildman–Crippen LogP) is 7.15. The molecule has 0 aliphatic carbocycles. The van der Waals surface area contributed by atoms with E-state index >= 15 is 0 Å². The van der Waals surface area contributed by atoms with Crippen LogP contribution in [0, 0.1) is 18.0 Å².